The molecule has 2 aromatic rings. The van der Waals surface area contributed by atoms with Gasteiger partial charge < -0.3 is 10.6 Å². The molecule has 0 spiro atoms. The van der Waals surface area contributed by atoms with Gasteiger partial charge in [0, 0.05) is 19.2 Å². The van der Waals surface area contributed by atoms with Crippen LogP contribution in [-0.4, -0.2) is 16.5 Å². The monoisotopic (exact) mass is 248 g/mol. The van der Waals surface area contributed by atoms with Crippen molar-refractivity contribution in [1.29, 1.82) is 0 Å². The first-order valence-electron chi connectivity index (χ1n) is 5.62. The number of anilines is 2. The molecule has 0 radical (unpaired) electrons. The van der Waals surface area contributed by atoms with Crippen LogP contribution in [0.5, 0.6) is 0 Å². The van der Waals surface area contributed by atoms with Gasteiger partial charge in [-0.1, -0.05) is 0 Å². The summed E-state index contributed by atoms with van der Waals surface area (Å²) in [7, 11) is 0. The lowest BCUT2D eigenvalue weighted by Crippen LogP contribution is -2.06. The van der Waals surface area contributed by atoms with Crippen LogP contribution < -0.4 is 10.6 Å². The van der Waals surface area contributed by atoms with Crippen molar-refractivity contribution in [1.82, 2.24) is 9.97 Å². The van der Waals surface area contributed by atoms with Crippen LogP contribution in [0.25, 0.3) is 0 Å². The fourth-order valence-corrected chi connectivity index (χ4v) is 2.18. The molecule has 0 bridgehead atoms. The zero-order chi connectivity index (χ0) is 12.1. The number of nitrogens with zero attached hydrogens (tertiary/aromatic N) is 2. The van der Waals surface area contributed by atoms with Gasteiger partial charge >= 0.3 is 0 Å². The summed E-state index contributed by atoms with van der Waals surface area (Å²) in [6.45, 7) is 5.61. The molecule has 4 nitrogen and oxygen atoms in total. The minimum Gasteiger partial charge on any atom is -0.370 e. The Labute approximate surface area is 105 Å². The molecule has 0 atom stereocenters. The van der Waals surface area contributed by atoms with Crippen LogP contribution in [0.3, 0.4) is 0 Å². The molecule has 2 rings (SSSR count). The van der Waals surface area contributed by atoms with Crippen LogP contribution in [0, 0.1) is 6.92 Å². The van der Waals surface area contributed by atoms with Gasteiger partial charge in [-0.15, -0.1) is 0 Å². The molecule has 0 aromatic carbocycles. The summed E-state index contributed by atoms with van der Waals surface area (Å²) in [5.74, 6) is 2.50. The topological polar surface area (TPSA) is 49.8 Å². The van der Waals surface area contributed by atoms with Crippen molar-refractivity contribution in [2.45, 2.75) is 20.4 Å². The number of aromatic nitrogens is 2. The summed E-state index contributed by atoms with van der Waals surface area (Å²) >= 11 is 1.70. The molecule has 17 heavy (non-hydrogen) atoms. The van der Waals surface area contributed by atoms with Crippen molar-refractivity contribution in [3.63, 3.8) is 0 Å². The van der Waals surface area contributed by atoms with Crippen LogP contribution >= 0.6 is 11.3 Å². The lowest BCUT2D eigenvalue weighted by molar-refractivity contribution is 1.01. The van der Waals surface area contributed by atoms with Gasteiger partial charge in [-0.25, -0.2) is 9.97 Å². The molecule has 2 aromatic heterocycles. The number of rotatable bonds is 5. The van der Waals surface area contributed by atoms with Gasteiger partial charge in [0.25, 0.3) is 0 Å². The van der Waals surface area contributed by atoms with Crippen LogP contribution in [-0.2, 0) is 6.54 Å². The third-order valence-corrected chi connectivity index (χ3v) is 2.98. The average Bonchev–Trinajstić information content (AvgIpc) is 2.79. The van der Waals surface area contributed by atoms with Gasteiger partial charge in [-0.3, -0.25) is 0 Å². The molecular weight excluding hydrogens is 232 g/mol. The maximum absolute atomic E-state index is 4.36. The molecule has 0 fully saturated rings. The molecule has 2 N–H and O–H groups in total. The number of hydrogen-bond acceptors (Lipinski definition) is 5. The Morgan fingerprint density at radius 3 is 2.65 bits per heavy atom. The van der Waals surface area contributed by atoms with Crippen molar-refractivity contribution in [3.8, 4) is 0 Å². The summed E-state index contributed by atoms with van der Waals surface area (Å²) in [4.78, 5) is 8.67. The van der Waals surface area contributed by atoms with Crippen LogP contribution in [0.2, 0.25) is 0 Å². The largest absolute Gasteiger partial charge is 0.370 e. The van der Waals surface area contributed by atoms with Gasteiger partial charge in [0.05, 0.1) is 0 Å². The Hall–Kier alpha value is -1.62. The van der Waals surface area contributed by atoms with E-state index in [1.165, 1.54) is 5.56 Å². The maximum Gasteiger partial charge on any atom is 0.132 e. The van der Waals surface area contributed by atoms with E-state index < -0.39 is 0 Å². The molecule has 90 valence electrons. The zero-order valence-corrected chi connectivity index (χ0v) is 10.8. The first-order valence-corrected chi connectivity index (χ1v) is 6.56. The van der Waals surface area contributed by atoms with Gasteiger partial charge in [0.15, 0.2) is 0 Å². The Kier molecular flexibility index (Phi) is 3.93. The van der Waals surface area contributed by atoms with E-state index in [1.54, 1.807) is 11.3 Å². The standard InChI is InChI=1S/C12H16N4S/c1-3-13-11-6-12(16-9(2)15-11)14-7-10-4-5-17-8-10/h4-6,8H,3,7H2,1-2H3,(H2,13,14,15,16). The minimum atomic E-state index is 0.774. The molecular formula is C12H16N4S. The highest BCUT2D eigenvalue weighted by Gasteiger charge is 2.01. The highest BCUT2D eigenvalue weighted by Crippen LogP contribution is 2.13. The van der Waals surface area contributed by atoms with Crippen LogP contribution in [0.15, 0.2) is 22.9 Å². The minimum absolute atomic E-state index is 0.774. The average molecular weight is 248 g/mol. The molecule has 5 heteroatoms. The Balaban J connectivity index is 2.04. The smallest absolute Gasteiger partial charge is 0.132 e. The highest BCUT2D eigenvalue weighted by molar-refractivity contribution is 7.07. The first-order chi connectivity index (χ1) is 8.28. The summed E-state index contributed by atoms with van der Waals surface area (Å²) in [6, 6.07) is 4.04. The van der Waals surface area contributed by atoms with E-state index in [2.05, 4.69) is 44.4 Å². The Morgan fingerprint density at radius 1 is 1.24 bits per heavy atom. The molecule has 0 amide bonds. The summed E-state index contributed by atoms with van der Waals surface area (Å²) in [5, 5.41) is 10.7. The number of aryl methyl sites for hydroxylation is 1. The third kappa shape index (κ3) is 3.42. The fourth-order valence-electron chi connectivity index (χ4n) is 1.52. The highest BCUT2D eigenvalue weighted by atomic mass is 32.1. The summed E-state index contributed by atoms with van der Waals surface area (Å²) in [5.41, 5.74) is 1.27. The Bertz CT molecular complexity index is 467. The summed E-state index contributed by atoms with van der Waals surface area (Å²) in [6.07, 6.45) is 0. The second kappa shape index (κ2) is 5.63. The van der Waals surface area contributed by atoms with E-state index in [9.17, 15) is 0 Å². The molecule has 0 saturated carbocycles. The number of hydrogen-bond donors (Lipinski definition) is 2. The van der Waals surface area contributed by atoms with Crippen molar-refractivity contribution in [2.75, 3.05) is 17.2 Å². The fraction of sp³-hybridized carbons (Fsp3) is 0.333. The van der Waals surface area contributed by atoms with E-state index in [0.29, 0.717) is 0 Å². The van der Waals surface area contributed by atoms with E-state index in [4.69, 9.17) is 0 Å². The zero-order valence-electron chi connectivity index (χ0n) is 10.0. The predicted molar refractivity (Wildman–Crippen MR) is 72.6 cm³/mol. The Morgan fingerprint density at radius 2 is 2.00 bits per heavy atom. The van der Waals surface area contributed by atoms with Crippen molar-refractivity contribution < 1.29 is 0 Å². The SMILES string of the molecule is CCNc1cc(NCc2ccsc2)nc(C)n1. The molecule has 0 aliphatic rings. The lowest BCUT2D eigenvalue weighted by atomic mass is 10.3. The van der Waals surface area contributed by atoms with Gasteiger partial charge in [0.2, 0.25) is 0 Å². The second-order valence-electron chi connectivity index (χ2n) is 3.70. The predicted octanol–water partition coefficient (Wildman–Crippen LogP) is 2.89. The lowest BCUT2D eigenvalue weighted by Gasteiger charge is -2.08. The second-order valence-corrected chi connectivity index (χ2v) is 4.48. The van der Waals surface area contributed by atoms with Crippen LogP contribution in [0.4, 0.5) is 11.6 Å². The molecule has 0 unspecified atom stereocenters. The van der Waals surface area contributed by atoms with Crippen molar-refractivity contribution >= 4 is 23.0 Å². The van der Waals surface area contributed by atoms with Crippen LogP contribution in [0.1, 0.15) is 18.3 Å². The van der Waals surface area contributed by atoms with E-state index in [0.717, 1.165) is 30.5 Å². The molecule has 0 aliphatic carbocycles. The van der Waals surface area contributed by atoms with Crippen molar-refractivity contribution in [3.05, 3.63) is 34.3 Å². The van der Waals surface area contributed by atoms with Gasteiger partial charge in [-0.05, 0) is 36.2 Å². The van der Waals surface area contributed by atoms with E-state index in [1.807, 2.05) is 13.0 Å². The third-order valence-electron chi connectivity index (χ3n) is 2.25. The van der Waals surface area contributed by atoms with E-state index in [-0.39, 0.29) is 0 Å². The quantitative estimate of drug-likeness (QED) is 0.854. The van der Waals surface area contributed by atoms with E-state index >= 15 is 0 Å². The number of thiophene rings is 1. The molecule has 0 aliphatic heterocycles. The normalized spacial score (nSPS) is 10.2. The molecule has 0 saturated heterocycles. The number of nitrogens with one attached hydrogen (secondary N) is 2. The van der Waals surface area contributed by atoms with Gasteiger partial charge in [0.1, 0.15) is 17.5 Å². The first kappa shape index (κ1) is 11.9. The van der Waals surface area contributed by atoms with Gasteiger partial charge in [-0.2, -0.15) is 11.3 Å². The summed E-state index contributed by atoms with van der Waals surface area (Å²) < 4.78 is 0. The molecule has 2 heterocycles. The van der Waals surface area contributed by atoms with Crippen molar-refractivity contribution in [2.24, 2.45) is 0 Å². The maximum atomic E-state index is 4.36.